The molecule has 3 atom stereocenters. The lowest BCUT2D eigenvalue weighted by molar-refractivity contribution is -0.150. The Morgan fingerprint density at radius 1 is 1.11 bits per heavy atom. The number of carbonyl (C=O) groups is 2. The molecule has 6 rings (SSSR count). The van der Waals surface area contributed by atoms with Gasteiger partial charge in [-0.3, -0.25) is 9.59 Å². The topological polar surface area (TPSA) is 62.4 Å². The first-order valence-electron chi connectivity index (χ1n) is 11.9. The first-order chi connectivity index (χ1) is 17.0. The molecule has 2 heterocycles. The third kappa shape index (κ3) is 2.94. The molecule has 1 aliphatic heterocycles. The number of carbonyl (C=O) groups excluding carboxylic acids is 2. The number of nitrogens with one attached hydrogen (secondary N) is 1. The molecule has 1 aliphatic carbocycles. The molecule has 1 amide bonds. The van der Waals surface area contributed by atoms with Crippen molar-refractivity contribution in [3.05, 3.63) is 100 Å². The number of fused-ring (bicyclic) bond motifs is 5. The minimum atomic E-state index is -1.19. The van der Waals surface area contributed by atoms with Gasteiger partial charge in [0.25, 0.3) is 0 Å². The SMILES string of the molecule is CCOC(=O)[C@@H]1c2c([nH]c3ccccc23)C[C@@H](c2ccccc2)[C@@]12C(=O)N(C)c1ccc(Cl)cc12. The highest BCUT2D eigenvalue weighted by atomic mass is 35.5. The number of hydrogen-bond donors (Lipinski definition) is 1. The highest BCUT2D eigenvalue weighted by Gasteiger charge is 2.65. The molecule has 6 heteroatoms. The number of anilines is 1. The fourth-order valence-electron chi connectivity index (χ4n) is 6.35. The Bertz CT molecular complexity index is 1480. The van der Waals surface area contributed by atoms with Crippen LogP contribution in [-0.4, -0.2) is 30.5 Å². The van der Waals surface area contributed by atoms with Crippen LogP contribution in [-0.2, 0) is 26.2 Å². The number of halogens is 1. The van der Waals surface area contributed by atoms with Gasteiger partial charge in [0.2, 0.25) is 5.91 Å². The van der Waals surface area contributed by atoms with Crippen LogP contribution in [0.2, 0.25) is 5.02 Å². The van der Waals surface area contributed by atoms with Crippen LogP contribution in [0.3, 0.4) is 0 Å². The van der Waals surface area contributed by atoms with E-state index in [0.717, 1.165) is 39.0 Å². The number of amides is 1. The molecule has 3 aromatic carbocycles. The first kappa shape index (κ1) is 21.9. The summed E-state index contributed by atoms with van der Waals surface area (Å²) in [5.74, 6) is -1.64. The zero-order chi connectivity index (χ0) is 24.3. The van der Waals surface area contributed by atoms with E-state index >= 15 is 0 Å². The summed E-state index contributed by atoms with van der Waals surface area (Å²) in [6.45, 7) is 2.02. The van der Waals surface area contributed by atoms with Crippen molar-refractivity contribution in [1.29, 1.82) is 0 Å². The van der Waals surface area contributed by atoms with Crippen molar-refractivity contribution >= 4 is 40.1 Å². The zero-order valence-corrected chi connectivity index (χ0v) is 20.3. The summed E-state index contributed by atoms with van der Waals surface area (Å²) in [4.78, 5) is 33.7. The van der Waals surface area contributed by atoms with E-state index in [1.807, 2.05) is 66.7 Å². The normalized spacial score (nSPS) is 22.9. The second-order valence-corrected chi connectivity index (χ2v) is 9.75. The highest BCUT2D eigenvalue weighted by Crippen LogP contribution is 2.62. The Morgan fingerprint density at radius 2 is 1.86 bits per heavy atom. The Balaban J connectivity index is 1.76. The molecule has 5 nitrogen and oxygen atoms in total. The highest BCUT2D eigenvalue weighted by molar-refractivity contribution is 6.31. The van der Waals surface area contributed by atoms with Crippen molar-refractivity contribution in [1.82, 2.24) is 4.98 Å². The van der Waals surface area contributed by atoms with Gasteiger partial charge in [-0.25, -0.2) is 0 Å². The fourth-order valence-corrected chi connectivity index (χ4v) is 6.52. The van der Waals surface area contributed by atoms with Gasteiger partial charge in [0.05, 0.1) is 6.61 Å². The molecule has 1 N–H and O–H groups in total. The molecular weight excluding hydrogens is 460 g/mol. The predicted molar refractivity (Wildman–Crippen MR) is 137 cm³/mol. The van der Waals surface area contributed by atoms with Gasteiger partial charge >= 0.3 is 5.97 Å². The van der Waals surface area contributed by atoms with Crippen molar-refractivity contribution in [3.8, 4) is 0 Å². The molecule has 0 radical (unpaired) electrons. The second-order valence-electron chi connectivity index (χ2n) is 9.31. The number of ether oxygens (including phenoxy) is 1. The Kier molecular flexibility index (Phi) is 5.01. The lowest BCUT2D eigenvalue weighted by Crippen LogP contribution is -2.53. The minimum Gasteiger partial charge on any atom is -0.465 e. The molecule has 0 saturated heterocycles. The fraction of sp³-hybridized carbons (Fsp3) is 0.241. The minimum absolute atomic E-state index is 0.113. The van der Waals surface area contributed by atoms with Crippen molar-refractivity contribution < 1.29 is 14.3 Å². The maximum atomic E-state index is 14.5. The molecule has 1 aromatic heterocycles. The van der Waals surface area contributed by atoms with E-state index in [4.69, 9.17) is 16.3 Å². The van der Waals surface area contributed by atoms with E-state index in [2.05, 4.69) is 4.98 Å². The van der Waals surface area contributed by atoms with E-state index < -0.39 is 17.3 Å². The number of likely N-dealkylation sites (N-methyl/N-ethyl adjacent to an activating group) is 1. The Labute approximate surface area is 208 Å². The summed E-state index contributed by atoms with van der Waals surface area (Å²) in [5.41, 5.74) is 4.12. The van der Waals surface area contributed by atoms with E-state index in [-0.39, 0.29) is 18.4 Å². The number of esters is 1. The summed E-state index contributed by atoms with van der Waals surface area (Å²) >= 11 is 6.53. The molecule has 4 aromatic rings. The number of H-pyrrole nitrogens is 1. The van der Waals surface area contributed by atoms with Gasteiger partial charge < -0.3 is 14.6 Å². The smallest absolute Gasteiger partial charge is 0.314 e. The van der Waals surface area contributed by atoms with Crippen LogP contribution < -0.4 is 4.90 Å². The number of para-hydroxylation sites is 1. The first-order valence-corrected chi connectivity index (χ1v) is 12.3. The lowest BCUT2D eigenvalue weighted by atomic mass is 9.54. The van der Waals surface area contributed by atoms with Crippen LogP contribution in [0, 0.1) is 0 Å². The Morgan fingerprint density at radius 3 is 2.63 bits per heavy atom. The number of hydrogen-bond acceptors (Lipinski definition) is 3. The molecule has 1 spiro atoms. The Hall–Kier alpha value is -3.57. The maximum Gasteiger partial charge on any atom is 0.314 e. The predicted octanol–water partition coefficient (Wildman–Crippen LogP) is 5.72. The molecule has 0 bridgehead atoms. The average Bonchev–Trinajstić information content (AvgIpc) is 3.34. The van der Waals surface area contributed by atoms with Gasteiger partial charge in [-0.2, -0.15) is 0 Å². The monoisotopic (exact) mass is 484 g/mol. The maximum absolute atomic E-state index is 14.5. The summed E-state index contributed by atoms with van der Waals surface area (Å²) in [6, 6.07) is 23.5. The largest absolute Gasteiger partial charge is 0.465 e. The van der Waals surface area contributed by atoms with Crippen molar-refractivity contribution in [2.24, 2.45) is 0 Å². The second kappa shape index (κ2) is 7.99. The third-order valence-corrected chi connectivity index (χ3v) is 7.91. The summed E-state index contributed by atoms with van der Waals surface area (Å²) < 4.78 is 5.70. The van der Waals surface area contributed by atoms with Gasteiger partial charge in [0.15, 0.2) is 0 Å². The summed E-state index contributed by atoms with van der Waals surface area (Å²) in [5, 5.41) is 1.47. The summed E-state index contributed by atoms with van der Waals surface area (Å²) in [7, 11) is 1.78. The molecule has 0 fully saturated rings. The van der Waals surface area contributed by atoms with Crippen LogP contribution in [0.15, 0.2) is 72.8 Å². The van der Waals surface area contributed by atoms with Crippen LogP contribution in [0.5, 0.6) is 0 Å². The van der Waals surface area contributed by atoms with Gasteiger partial charge in [-0.15, -0.1) is 0 Å². The quantitative estimate of drug-likeness (QED) is 0.378. The molecule has 35 heavy (non-hydrogen) atoms. The average molecular weight is 485 g/mol. The van der Waals surface area contributed by atoms with Gasteiger partial charge in [-0.1, -0.05) is 60.1 Å². The number of rotatable bonds is 3. The number of aromatic nitrogens is 1. The number of aromatic amines is 1. The van der Waals surface area contributed by atoms with Crippen LogP contribution >= 0.6 is 11.6 Å². The van der Waals surface area contributed by atoms with Gasteiger partial charge in [0.1, 0.15) is 11.3 Å². The standard InChI is InChI=1S/C29H25ClN2O3/c1-3-35-27(33)26-25-19-11-7-8-12-22(19)31-23(25)16-20(17-9-5-4-6-10-17)29(26)21-15-18(30)13-14-24(21)32(2)28(29)34/h4-15,20,26,31H,3,16H2,1-2H3/t20-,26-,29-/m0/s1. The van der Waals surface area contributed by atoms with Gasteiger partial charge in [-0.05, 0) is 54.3 Å². The number of benzene rings is 3. The van der Waals surface area contributed by atoms with E-state index in [0.29, 0.717) is 11.4 Å². The van der Waals surface area contributed by atoms with E-state index in [9.17, 15) is 9.59 Å². The molecular formula is C29H25ClN2O3. The van der Waals surface area contributed by atoms with Crippen molar-refractivity contribution in [3.63, 3.8) is 0 Å². The van der Waals surface area contributed by atoms with E-state index in [1.165, 1.54) is 0 Å². The lowest BCUT2D eigenvalue weighted by Gasteiger charge is -2.45. The van der Waals surface area contributed by atoms with Crippen LogP contribution in [0.4, 0.5) is 5.69 Å². The molecule has 2 aliphatic rings. The van der Waals surface area contributed by atoms with E-state index in [1.54, 1.807) is 24.9 Å². The van der Waals surface area contributed by atoms with Crippen molar-refractivity contribution in [2.45, 2.75) is 30.6 Å². The zero-order valence-electron chi connectivity index (χ0n) is 19.5. The van der Waals surface area contributed by atoms with Crippen LogP contribution in [0.1, 0.15) is 41.1 Å². The summed E-state index contributed by atoms with van der Waals surface area (Å²) in [6.07, 6.45) is 0.579. The van der Waals surface area contributed by atoms with Crippen LogP contribution in [0.25, 0.3) is 10.9 Å². The molecule has 176 valence electrons. The van der Waals surface area contributed by atoms with Crippen molar-refractivity contribution in [2.75, 3.05) is 18.6 Å². The van der Waals surface area contributed by atoms with Gasteiger partial charge in [0, 0.05) is 40.3 Å². The number of nitrogens with zero attached hydrogens (tertiary/aromatic N) is 1. The third-order valence-electron chi connectivity index (χ3n) is 7.68. The molecule has 0 unspecified atom stereocenters. The molecule has 0 saturated carbocycles.